The summed E-state index contributed by atoms with van der Waals surface area (Å²) < 4.78 is 46.6. The largest absolute Gasteiger partial charge is 0.465 e. The lowest BCUT2D eigenvalue weighted by atomic mass is 9.99. The Kier molecular flexibility index (Phi) is 4.03. The van der Waals surface area contributed by atoms with Gasteiger partial charge in [0.05, 0.1) is 18.3 Å². The predicted molar refractivity (Wildman–Crippen MR) is 100 cm³/mol. The molecule has 3 atom stereocenters. The Labute approximate surface area is 170 Å². The number of rotatable bonds is 6. The molecule has 0 amide bonds. The van der Waals surface area contributed by atoms with Crippen LogP contribution in [0, 0.1) is 11.8 Å². The molecule has 2 unspecified atom stereocenters. The first-order chi connectivity index (χ1) is 14.3. The van der Waals surface area contributed by atoms with E-state index < -0.39 is 17.2 Å². The van der Waals surface area contributed by atoms with Crippen LogP contribution >= 0.6 is 0 Å². The van der Waals surface area contributed by atoms with Crippen molar-refractivity contribution in [1.29, 1.82) is 0 Å². The number of carbonyl (C=O) groups is 1. The summed E-state index contributed by atoms with van der Waals surface area (Å²) in [5.74, 6) is 0.307. The third-order valence-electron chi connectivity index (χ3n) is 6.26. The summed E-state index contributed by atoms with van der Waals surface area (Å²) in [6, 6.07) is 1.96. The Balaban J connectivity index is 1.49. The van der Waals surface area contributed by atoms with Gasteiger partial charge < -0.3 is 15.4 Å². The molecular weight excluding hydrogens is 401 g/mol. The van der Waals surface area contributed by atoms with Gasteiger partial charge in [0.15, 0.2) is 0 Å². The summed E-state index contributed by atoms with van der Waals surface area (Å²) in [4.78, 5) is 20.3. The number of nitrogens with one attached hydrogen (secondary N) is 2. The summed E-state index contributed by atoms with van der Waals surface area (Å²) in [7, 11) is 0. The van der Waals surface area contributed by atoms with Gasteiger partial charge in [-0.05, 0) is 25.7 Å². The van der Waals surface area contributed by atoms with E-state index in [2.05, 4.69) is 25.7 Å². The molecule has 1 saturated heterocycles. The maximum atomic E-state index is 13.2. The number of aromatic nitrogens is 4. The summed E-state index contributed by atoms with van der Waals surface area (Å²) >= 11 is 0. The molecule has 3 heterocycles. The van der Waals surface area contributed by atoms with Gasteiger partial charge in [0.1, 0.15) is 22.6 Å². The first-order valence-corrected chi connectivity index (χ1v) is 9.99. The topological polar surface area (TPSA) is 94.0 Å². The van der Waals surface area contributed by atoms with Gasteiger partial charge >= 0.3 is 12.1 Å². The molecule has 2 aliphatic carbocycles. The SMILES string of the molecule is CCNc1nc(Nc2cc([C@]34C(=O)OCC3C4C)nn2C2CC2)ncc1C(F)(F)F. The van der Waals surface area contributed by atoms with Crippen molar-refractivity contribution in [3.63, 3.8) is 0 Å². The number of carbonyl (C=O) groups excluding carboxylic acids is 1. The lowest BCUT2D eigenvalue weighted by Gasteiger charge is -2.14. The van der Waals surface area contributed by atoms with E-state index in [1.165, 1.54) is 0 Å². The van der Waals surface area contributed by atoms with E-state index in [1.54, 1.807) is 17.7 Å². The van der Waals surface area contributed by atoms with Crippen molar-refractivity contribution in [2.45, 2.75) is 44.3 Å². The maximum absolute atomic E-state index is 13.2. The number of cyclic esters (lactones) is 1. The number of esters is 1. The monoisotopic (exact) mass is 422 g/mol. The van der Waals surface area contributed by atoms with Crippen LogP contribution in [-0.4, -0.2) is 38.9 Å². The van der Waals surface area contributed by atoms with Crippen LogP contribution in [0.1, 0.15) is 44.0 Å². The molecule has 8 nitrogen and oxygen atoms in total. The van der Waals surface area contributed by atoms with Crippen molar-refractivity contribution in [2.75, 3.05) is 23.8 Å². The second kappa shape index (κ2) is 6.32. The highest BCUT2D eigenvalue weighted by Crippen LogP contribution is 2.64. The molecule has 11 heteroatoms. The van der Waals surface area contributed by atoms with Crippen LogP contribution < -0.4 is 10.6 Å². The number of fused-ring (bicyclic) bond motifs is 1. The van der Waals surface area contributed by atoms with Gasteiger partial charge in [0.25, 0.3) is 0 Å². The number of hydrogen-bond acceptors (Lipinski definition) is 7. The fourth-order valence-electron chi connectivity index (χ4n) is 4.43. The minimum Gasteiger partial charge on any atom is -0.465 e. The van der Waals surface area contributed by atoms with Crippen molar-refractivity contribution < 1.29 is 22.7 Å². The van der Waals surface area contributed by atoms with E-state index in [0.717, 1.165) is 19.0 Å². The minimum absolute atomic E-state index is 0.0270. The molecule has 3 fully saturated rings. The highest BCUT2D eigenvalue weighted by atomic mass is 19.4. The summed E-state index contributed by atoms with van der Waals surface area (Å²) in [6.45, 7) is 4.38. The Hall–Kier alpha value is -2.85. The molecule has 0 spiro atoms. The lowest BCUT2D eigenvalue weighted by Crippen LogP contribution is -2.22. The van der Waals surface area contributed by atoms with Crippen molar-refractivity contribution in [3.8, 4) is 0 Å². The van der Waals surface area contributed by atoms with Crippen molar-refractivity contribution >= 4 is 23.6 Å². The van der Waals surface area contributed by atoms with Crippen LogP contribution in [0.25, 0.3) is 0 Å². The second-order valence-corrected chi connectivity index (χ2v) is 8.06. The molecule has 1 aliphatic heterocycles. The van der Waals surface area contributed by atoms with Crippen LogP contribution in [0.3, 0.4) is 0 Å². The zero-order chi connectivity index (χ0) is 21.3. The zero-order valence-electron chi connectivity index (χ0n) is 16.5. The third-order valence-corrected chi connectivity index (χ3v) is 6.26. The number of hydrogen-bond donors (Lipinski definition) is 2. The van der Waals surface area contributed by atoms with Crippen LogP contribution in [0.4, 0.5) is 30.8 Å². The summed E-state index contributed by atoms with van der Waals surface area (Å²) in [6.07, 6.45) is -1.90. The van der Waals surface area contributed by atoms with E-state index in [-0.39, 0.29) is 42.2 Å². The molecule has 160 valence electrons. The highest BCUT2D eigenvalue weighted by Gasteiger charge is 2.74. The van der Waals surface area contributed by atoms with E-state index in [1.807, 2.05) is 6.92 Å². The molecule has 2 aromatic heterocycles. The predicted octanol–water partition coefficient (Wildman–Crippen LogP) is 3.26. The Morgan fingerprint density at radius 3 is 2.73 bits per heavy atom. The summed E-state index contributed by atoms with van der Waals surface area (Å²) in [5, 5.41) is 10.3. The van der Waals surface area contributed by atoms with E-state index in [0.29, 0.717) is 18.1 Å². The standard InChI is InChI=1S/C19H21F3N6O2/c1-3-23-15-11(19(20,21)22)7-24-17(26-15)25-14-6-13(27-28(14)10-4-5-10)18-9(2)12(18)8-30-16(18)29/h6-7,9-10,12H,3-5,8H2,1-2H3,(H2,23,24,25,26)/t9?,12?,18-/m1/s1. The van der Waals surface area contributed by atoms with Crippen molar-refractivity contribution in [1.82, 2.24) is 19.7 Å². The second-order valence-electron chi connectivity index (χ2n) is 8.06. The molecule has 3 aliphatic rings. The van der Waals surface area contributed by atoms with Gasteiger partial charge in [-0.15, -0.1) is 0 Å². The third kappa shape index (κ3) is 2.74. The van der Waals surface area contributed by atoms with Crippen LogP contribution in [-0.2, 0) is 21.1 Å². The molecular formula is C19H21F3N6O2. The first kappa shape index (κ1) is 19.1. The van der Waals surface area contributed by atoms with E-state index in [9.17, 15) is 18.0 Å². The van der Waals surface area contributed by atoms with Crippen LogP contribution in [0.5, 0.6) is 0 Å². The van der Waals surface area contributed by atoms with Crippen LogP contribution in [0.15, 0.2) is 12.3 Å². The molecule has 0 aromatic carbocycles. The van der Waals surface area contributed by atoms with Gasteiger partial charge in [-0.3, -0.25) is 4.79 Å². The van der Waals surface area contributed by atoms with Crippen LogP contribution in [0.2, 0.25) is 0 Å². The maximum Gasteiger partial charge on any atom is 0.421 e. The number of ether oxygens (including phenoxy) is 1. The normalized spacial score (nSPS) is 27.6. The van der Waals surface area contributed by atoms with Gasteiger partial charge in [0.2, 0.25) is 5.95 Å². The average molecular weight is 422 g/mol. The Bertz CT molecular complexity index is 1020. The Morgan fingerprint density at radius 2 is 2.13 bits per heavy atom. The number of halogens is 3. The van der Waals surface area contributed by atoms with E-state index in [4.69, 9.17) is 4.74 Å². The fourth-order valence-corrected chi connectivity index (χ4v) is 4.43. The highest BCUT2D eigenvalue weighted by molar-refractivity contribution is 5.90. The van der Waals surface area contributed by atoms with Gasteiger partial charge in [-0.25, -0.2) is 9.67 Å². The molecule has 30 heavy (non-hydrogen) atoms. The smallest absolute Gasteiger partial charge is 0.421 e. The zero-order valence-corrected chi connectivity index (χ0v) is 16.5. The molecule has 2 saturated carbocycles. The Morgan fingerprint density at radius 1 is 1.37 bits per heavy atom. The van der Waals surface area contributed by atoms with Gasteiger partial charge in [0, 0.05) is 24.7 Å². The van der Waals surface area contributed by atoms with Gasteiger partial charge in [-0.2, -0.15) is 23.3 Å². The van der Waals surface area contributed by atoms with Gasteiger partial charge in [-0.1, -0.05) is 6.92 Å². The first-order valence-electron chi connectivity index (χ1n) is 9.99. The molecule has 5 rings (SSSR count). The van der Waals surface area contributed by atoms with Crippen molar-refractivity contribution in [2.24, 2.45) is 11.8 Å². The van der Waals surface area contributed by atoms with E-state index >= 15 is 0 Å². The number of anilines is 3. The minimum atomic E-state index is -4.56. The molecule has 0 radical (unpaired) electrons. The molecule has 0 bridgehead atoms. The molecule has 2 N–H and O–H groups in total. The lowest BCUT2D eigenvalue weighted by molar-refractivity contribution is -0.143. The number of nitrogens with zero attached hydrogens (tertiary/aromatic N) is 4. The quantitative estimate of drug-likeness (QED) is 0.690. The fraction of sp³-hybridized carbons (Fsp3) is 0.579. The number of alkyl halides is 3. The average Bonchev–Trinajstić information content (AvgIpc) is 3.53. The summed E-state index contributed by atoms with van der Waals surface area (Å²) in [5.41, 5.74) is -1.00. The molecule has 2 aromatic rings. The van der Waals surface area contributed by atoms with Crippen molar-refractivity contribution in [3.05, 3.63) is 23.5 Å².